The van der Waals surface area contributed by atoms with Crippen molar-refractivity contribution in [2.75, 3.05) is 7.11 Å². The molecule has 0 aromatic heterocycles. The summed E-state index contributed by atoms with van der Waals surface area (Å²) in [4.78, 5) is 0. The Balaban J connectivity index is 2.12. The largest absolute Gasteiger partial charge is 0.496 e. The standard InChI is InChI=1S/C13H16F3N3O2/c1-21-10-6-8(2-3-9(10)11(17)19-20)7-18-12(4-5-12)13(14,15)16/h2-3,6,18,20H,4-5,7H2,1H3,(H2,17,19). The number of benzene rings is 1. The fourth-order valence-corrected chi connectivity index (χ4v) is 2.07. The highest BCUT2D eigenvalue weighted by atomic mass is 19.4. The first kappa shape index (κ1) is 15.4. The zero-order valence-corrected chi connectivity index (χ0v) is 11.4. The van der Waals surface area contributed by atoms with Gasteiger partial charge in [0.05, 0.1) is 12.7 Å². The van der Waals surface area contributed by atoms with Gasteiger partial charge in [-0.1, -0.05) is 11.2 Å². The minimum atomic E-state index is -4.25. The maximum atomic E-state index is 12.8. The van der Waals surface area contributed by atoms with Crippen LogP contribution in [0.5, 0.6) is 5.75 Å². The van der Waals surface area contributed by atoms with Gasteiger partial charge in [-0.25, -0.2) is 0 Å². The molecule has 0 bridgehead atoms. The third-order valence-electron chi connectivity index (χ3n) is 3.57. The molecule has 1 aromatic rings. The lowest BCUT2D eigenvalue weighted by atomic mass is 10.1. The zero-order chi connectivity index (χ0) is 15.7. The van der Waals surface area contributed by atoms with Gasteiger partial charge >= 0.3 is 6.18 Å². The lowest BCUT2D eigenvalue weighted by Crippen LogP contribution is -2.44. The molecule has 1 aliphatic carbocycles. The summed E-state index contributed by atoms with van der Waals surface area (Å²) in [6.07, 6.45) is -4.06. The van der Waals surface area contributed by atoms with Crippen molar-refractivity contribution in [3.05, 3.63) is 29.3 Å². The van der Waals surface area contributed by atoms with Crippen molar-refractivity contribution in [1.29, 1.82) is 0 Å². The molecule has 0 unspecified atom stereocenters. The Hall–Kier alpha value is -1.96. The molecule has 2 rings (SSSR count). The van der Waals surface area contributed by atoms with Gasteiger partial charge in [0.25, 0.3) is 0 Å². The molecular formula is C13H16F3N3O2. The number of methoxy groups -OCH3 is 1. The predicted octanol–water partition coefficient (Wildman–Crippen LogP) is 1.97. The maximum Gasteiger partial charge on any atom is 0.406 e. The summed E-state index contributed by atoms with van der Waals surface area (Å²) in [5, 5.41) is 14.1. The van der Waals surface area contributed by atoms with E-state index in [1.807, 2.05) is 0 Å². The average molecular weight is 303 g/mol. The number of oxime groups is 1. The van der Waals surface area contributed by atoms with Crippen LogP contribution < -0.4 is 15.8 Å². The van der Waals surface area contributed by atoms with Gasteiger partial charge in [-0.05, 0) is 30.5 Å². The second-order valence-electron chi connectivity index (χ2n) is 4.95. The van der Waals surface area contributed by atoms with E-state index < -0.39 is 11.7 Å². The molecular weight excluding hydrogens is 287 g/mol. The fourth-order valence-electron chi connectivity index (χ4n) is 2.07. The minimum Gasteiger partial charge on any atom is -0.496 e. The van der Waals surface area contributed by atoms with E-state index in [1.165, 1.54) is 13.2 Å². The van der Waals surface area contributed by atoms with E-state index >= 15 is 0 Å². The number of nitrogens with two attached hydrogens (primary N) is 1. The Morgan fingerprint density at radius 3 is 2.62 bits per heavy atom. The van der Waals surface area contributed by atoms with E-state index in [1.54, 1.807) is 12.1 Å². The molecule has 1 saturated carbocycles. The number of halogens is 3. The molecule has 1 aliphatic rings. The Bertz CT molecular complexity index is 554. The van der Waals surface area contributed by atoms with Crippen LogP contribution in [0.3, 0.4) is 0 Å². The van der Waals surface area contributed by atoms with Crippen molar-refractivity contribution in [3.63, 3.8) is 0 Å². The predicted molar refractivity (Wildman–Crippen MR) is 70.4 cm³/mol. The topological polar surface area (TPSA) is 79.9 Å². The zero-order valence-electron chi connectivity index (χ0n) is 11.4. The Morgan fingerprint density at radius 1 is 1.48 bits per heavy atom. The Morgan fingerprint density at radius 2 is 2.14 bits per heavy atom. The molecule has 116 valence electrons. The Labute approximate surface area is 119 Å². The highest BCUT2D eigenvalue weighted by Crippen LogP contribution is 2.49. The van der Waals surface area contributed by atoms with Crippen molar-refractivity contribution >= 4 is 5.84 Å². The normalized spacial score (nSPS) is 17.6. The van der Waals surface area contributed by atoms with Crippen molar-refractivity contribution in [2.24, 2.45) is 10.9 Å². The summed E-state index contributed by atoms with van der Waals surface area (Å²) < 4.78 is 43.5. The summed E-state index contributed by atoms with van der Waals surface area (Å²) in [7, 11) is 1.40. The van der Waals surface area contributed by atoms with Crippen molar-refractivity contribution in [1.82, 2.24) is 5.32 Å². The van der Waals surface area contributed by atoms with Crippen LogP contribution in [0.4, 0.5) is 13.2 Å². The number of alkyl halides is 3. The maximum absolute atomic E-state index is 12.8. The van der Waals surface area contributed by atoms with Gasteiger partial charge in [-0.15, -0.1) is 0 Å². The number of hydrogen-bond donors (Lipinski definition) is 3. The van der Waals surface area contributed by atoms with Crippen LogP contribution in [0.25, 0.3) is 0 Å². The molecule has 1 aromatic carbocycles. The quantitative estimate of drug-likeness (QED) is 0.336. The molecule has 1 fully saturated rings. The molecule has 8 heteroatoms. The molecule has 0 amide bonds. The molecule has 0 heterocycles. The third kappa shape index (κ3) is 3.05. The first-order valence-corrected chi connectivity index (χ1v) is 6.29. The number of rotatable bonds is 5. The van der Waals surface area contributed by atoms with Gasteiger partial charge in [0, 0.05) is 6.54 Å². The minimum absolute atomic E-state index is 0.0618. The highest BCUT2D eigenvalue weighted by molar-refractivity contribution is 5.99. The van der Waals surface area contributed by atoms with Crippen molar-refractivity contribution in [2.45, 2.75) is 31.1 Å². The van der Waals surface area contributed by atoms with E-state index in [-0.39, 0.29) is 25.2 Å². The second kappa shape index (κ2) is 5.44. The van der Waals surface area contributed by atoms with Crippen molar-refractivity contribution < 1.29 is 23.1 Å². The third-order valence-corrected chi connectivity index (χ3v) is 3.57. The van der Waals surface area contributed by atoms with Crippen LogP contribution in [0.15, 0.2) is 23.4 Å². The first-order chi connectivity index (χ1) is 9.83. The van der Waals surface area contributed by atoms with Crippen LogP contribution in [0.2, 0.25) is 0 Å². The van der Waals surface area contributed by atoms with Gasteiger partial charge in [0.1, 0.15) is 11.3 Å². The molecule has 5 nitrogen and oxygen atoms in total. The average Bonchev–Trinajstić information content (AvgIpc) is 3.24. The first-order valence-electron chi connectivity index (χ1n) is 6.29. The van der Waals surface area contributed by atoms with E-state index in [0.717, 1.165) is 0 Å². The SMILES string of the molecule is COc1cc(CNC2(C(F)(F)F)CC2)ccc1/C(N)=N/O. The van der Waals surface area contributed by atoms with Crippen LogP contribution in [-0.4, -0.2) is 29.9 Å². The lowest BCUT2D eigenvalue weighted by Gasteiger charge is -2.21. The molecule has 0 saturated heterocycles. The molecule has 0 radical (unpaired) electrons. The smallest absolute Gasteiger partial charge is 0.406 e. The van der Waals surface area contributed by atoms with Gasteiger partial charge < -0.3 is 15.7 Å². The molecule has 0 aliphatic heterocycles. The van der Waals surface area contributed by atoms with E-state index in [2.05, 4.69) is 10.5 Å². The molecule has 21 heavy (non-hydrogen) atoms. The van der Waals surface area contributed by atoms with E-state index in [0.29, 0.717) is 16.9 Å². The summed E-state index contributed by atoms with van der Waals surface area (Å²) in [6, 6.07) is 4.71. The monoisotopic (exact) mass is 303 g/mol. The fraction of sp³-hybridized carbons (Fsp3) is 0.462. The molecule has 0 spiro atoms. The number of nitrogens with zero attached hydrogens (tertiary/aromatic N) is 1. The summed E-state index contributed by atoms with van der Waals surface area (Å²) >= 11 is 0. The van der Waals surface area contributed by atoms with Gasteiger partial charge in [0.15, 0.2) is 5.84 Å². The van der Waals surface area contributed by atoms with Gasteiger partial charge in [0.2, 0.25) is 0 Å². The van der Waals surface area contributed by atoms with Crippen LogP contribution in [-0.2, 0) is 6.54 Å². The van der Waals surface area contributed by atoms with Crippen LogP contribution >= 0.6 is 0 Å². The van der Waals surface area contributed by atoms with E-state index in [4.69, 9.17) is 15.7 Å². The summed E-state index contributed by atoms with van der Waals surface area (Å²) in [6.45, 7) is 0.0618. The lowest BCUT2D eigenvalue weighted by molar-refractivity contribution is -0.166. The number of ether oxygens (including phenoxy) is 1. The Kier molecular flexibility index (Phi) is 3.99. The van der Waals surface area contributed by atoms with E-state index in [9.17, 15) is 13.2 Å². The summed E-state index contributed by atoms with van der Waals surface area (Å²) in [5.41, 5.74) is 4.72. The number of amidine groups is 1. The number of hydrogen-bond acceptors (Lipinski definition) is 4. The molecule has 0 atom stereocenters. The van der Waals surface area contributed by atoms with Crippen molar-refractivity contribution in [3.8, 4) is 5.75 Å². The van der Waals surface area contributed by atoms with Gasteiger partial charge in [-0.3, -0.25) is 5.32 Å². The van der Waals surface area contributed by atoms with Crippen LogP contribution in [0.1, 0.15) is 24.0 Å². The molecule has 4 N–H and O–H groups in total. The second-order valence-corrected chi connectivity index (χ2v) is 4.95. The summed E-state index contributed by atoms with van der Waals surface area (Å²) in [5.74, 6) is 0.210. The van der Waals surface area contributed by atoms with Crippen LogP contribution in [0, 0.1) is 0 Å². The van der Waals surface area contributed by atoms with Gasteiger partial charge in [-0.2, -0.15) is 13.2 Å². The highest BCUT2D eigenvalue weighted by Gasteiger charge is 2.62. The number of nitrogens with one attached hydrogen (secondary N) is 1.